The highest BCUT2D eigenvalue weighted by atomic mass is 79.9. The van der Waals surface area contributed by atoms with Crippen LogP contribution in [0.25, 0.3) is 10.9 Å². The van der Waals surface area contributed by atoms with Crippen LogP contribution in [-0.4, -0.2) is 23.0 Å². The molecule has 0 aliphatic heterocycles. The highest BCUT2D eigenvalue weighted by Gasteiger charge is 2.25. The van der Waals surface area contributed by atoms with E-state index in [2.05, 4.69) is 80.4 Å². The first-order valence-electron chi connectivity index (χ1n) is 10.1. The predicted octanol–water partition coefficient (Wildman–Crippen LogP) is 6.65. The Bertz CT molecular complexity index is 880. The van der Waals surface area contributed by atoms with Crippen molar-refractivity contribution in [2.45, 2.75) is 49.0 Å². The number of fused-ring (bicyclic) bond motifs is 1. The lowest BCUT2D eigenvalue weighted by atomic mass is 9.81. The molecule has 1 aliphatic carbocycles. The van der Waals surface area contributed by atoms with E-state index in [-0.39, 0.29) is 0 Å². The summed E-state index contributed by atoms with van der Waals surface area (Å²) in [6, 6.07) is 17.6. The maximum absolute atomic E-state index is 5.72. The number of para-hydroxylation sites is 1. The monoisotopic (exact) mass is 458 g/mol. The van der Waals surface area contributed by atoms with Crippen LogP contribution in [0.15, 0.2) is 59.6 Å². The number of aromatic nitrogens is 1. The van der Waals surface area contributed by atoms with Gasteiger partial charge in [0.05, 0.1) is 6.61 Å². The summed E-state index contributed by atoms with van der Waals surface area (Å²) in [4.78, 5) is 4.68. The summed E-state index contributed by atoms with van der Waals surface area (Å²) in [5.74, 6) is 1.58. The van der Waals surface area contributed by atoms with Crippen molar-refractivity contribution < 1.29 is 4.74 Å². The normalized spacial score (nSPS) is 19.8. The number of hydrogen-bond donors (Lipinski definition) is 2. The van der Waals surface area contributed by atoms with E-state index in [9.17, 15) is 0 Å². The summed E-state index contributed by atoms with van der Waals surface area (Å²) >= 11 is 5.17. The summed E-state index contributed by atoms with van der Waals surface area (Å²) in [6.07, 6.45) is 8.26. The van der Waals surface area contributed by atoms with E-state index in [4.69, 9.17) is 4.74 Å². The first kappa shape index (κ1) is 19.9. The SMILES string of the molecule is BrCCCOc1ccc(SNC2CCCC(c3c[nH]c4ccccc34)C2)cc1. The van der Waals surface area contributed by atoms with Gasteiger partial charge >= 0.3 is 0 Å². The number of benzene rings is 2. The molecule has 0 spiro atoms. The fraction of sp³-hybridized carbons (Fsp3) is 0.391. The highest BCUT2D eigenvalue weighted by molar-refractivity contribution is 9.09. The predicted molar refractivity (Wildman–Crippen MR) is 123 cm³/mol. The van der Waals surface area contributed by atoms with Crippen molar-refractivity contribution in [1.29, 1.82) is 0 Å². The van der Waals surface area contributed by atoms with E-state index < -0.39 is 0 Å². The maximum Gasteiger partial charge on any atom is 0.119 e. The van der Waals surface area contributed by atoms with Gasteiger partial charge in [0, 0.05) is 33.4 Å². The van der Waals surface area contributed by atoms with Crippen molar-refractivity contribution in [3.8, 4) is 5.75 Å². The fourth-order valence-corrected chi connectivity index (χ4v) is 5.03. The minimum Gasteiger partial charge on any atom is -0.494 e. The number of nitrogens with one attached hydrogen (secondary N) is 2. The molecule has 148 valence electrons. The molecule has 3 aromatic rings. The van der Waals surface area contributed by atoms with Crippen molar-refractivity contribution >= 4 is 38.8 Å². The third-order valence-corrected chi connectivity index (χ3v) is 6.97. The fourth-order valence-electron chi connectivity index (χ4n) is 4.01. The van der Waals surface area contributed by atoms with Crippen LogP contribution in [0, 0.1) is 0 Å². The molecule has 2 atom stereocenters. The smallest absolute Gasteiger partial charge is 0.119 e. The lowest BCUT2D eigenvalue weighted by Crippen LogP contribution is -2.29. The Hall–Kier alpha value is -1.43. The minimum atomic E-state index is 0.548. The van der Waals surface area contributed by atoms with E-state index in [1.165, 1.54) is 47.0 Å². The van der Waals surface area contributed by atoms with Gasteiger partial charge in [-0.2, -0.15) is 0 Å². The molecule has 1 saturated carbocycles. The van der Waals surface area contributed by atoms with Gasteiger partial charge in [-0.3, -0.25) is 4.72 Å². The molecule has 2 aromatic carbocycles. The summed E-state index contributed by atoms with van der Waals surface area (Å²) in [7, 11) is 0. The van der Waals surface area contributed by atoms with Crippen LogP contribution in [0.1, 0.15) is 43.6 Å². The third-order valence-electron chi connectivity index (χ3n) is 5.45. The summed E-state index contributed by atoms with van der Waals surface area (Å²) in [5, 5.41) is 2.36. The average molecular weight is 459 g/mol. The molecule has 4 rings (SSSR count). The first-order chi connectivity index (χ1) is 13.8. The lowest BCUT2D eigenvalue weighted by molar-refractivity contribution is 0.319. The molecule has 2 unspecified atom stereocenters. The molecular weight excluding hydrogens is 432 g/mol. The molecule has 1 aromatic heterocycles. The molecule has 0 amide bonds. The standard InChI is InChI=1S/C23H27BrN2OS/c24-13-4-14-27-19-9-11-20(12-10-19)28-26-18-6-3-5-17(15-18)22-16-25-23-8-2-1-7-21(22)23/h1-2,7-12,16-18,25-26H,3-6,13-15H2. The van der Waals surface area contributed by atoms with Crippen molar-refractivity contribution in [2.24, 2.45) is 0 Å². The molecule has 0 radical (unpaired) electrons. The maximum atomic E-state index is 5.72. The minimum absolute atomic E-state index is 0.548. The Balaban J connectivity index is 1.32. The Morgan fingerprint density at radius 3 is 2.82 bits per heavy atom. The summed E-state index contributed by atoms with van der Waals surface area (Å²) < 4.78 is 9.43. The van der Waals surface area contributed by atoms with Gasteiger partial charge in [0.15, 0.2) is 0 Å². The molecule has 28 heavy (non-hydrogen) atoms. The van der Waals surface area contributed by atoms with Crippen LogP contribution >= 0.6 is 27.9 Å². The Morgan fingerprint density at radius 1 is 1.11 bits per heavy atom. The topological polar surface area (TPSA) is 37.0 Å². The van der Waals surface area contributed by atoms with E-state index in [0.29, 0.717) is 12.0 Å². The molecule has 1 fully saturated rings. The van der Waals surface area contributed by atoms with Gasteiger partial charge < -0.3 is 9.72 Å². The number of aromatic amines is 1. The molecule has 3 nitrogen and oxygen atoms in total. The Labute approximate surface area is 179 Å². The van der Waals surface area contributed by atoms with Gasteiger partial charge in [0.1, 0.15) is 5.75 Å². The average Bonchev–Trinajstić information content (AvgIpc) is 3.18. The molecule has 0 saturated heterocycles. The summed E-state index contributed by atoms with van der Waals surface area (Å²) in [5.41, 5.74) is 2.73. The molecule has 2 N–H and O–H groups in total. The third kappa shape index (κ3) is 4.94. The van der Waals surface area contributed by atoms with Crippen LogP contribution < -0.4 is 9.46 Å². The molecule has 0 bridgehead atoms. The first-order valence-corrected chi connectivity index (χ1v) is 12.0. The van der Waals surface area contributed by atoms with Crippen molar-refractivity contribution in [2.75, 3.05) is 11.9 Å². The van der Waals surface area contributed by atoms with Gasteiger partial charge in [-0.05, 0) is 79.4 Å². The van der Waals surface area contributed by atoms with Crippen LogP contribution in [0.5, 0.6) is 5.75 Å². The second-order valence-corrected chi connectivity index (χ2v) is 9.14. The molecule has 1 aliphatic rings. The van der Waals surface area contributed by atoms with Gasteiger partial charge in [-0.1, -0.05) is 40.5 Å². The number of hydrogen-bond acceptors (Lipinski definition) is 3. The Morgan fingerprint density at radius 2 is 1.96 bits per heavy atom. The van der Waals surface area contributed by atoms with E-state index in [1.807, 2.05) is 0 Å². The lowest BCUT2D eigenvalue weighted by Gasteiger charge is -2.29. The highest BCUT2D eigenvalue weighted by Crippen LogP contribution is 2.37. The van der Waals surface area contributed by atoms with Gasteiger partial charge in [-0.15, -0.1) is 0 Å². The van der Waals surface area contributed by atoms with Gasteiger partial charge in [0.2, 0.25) is 0 Å². The van der Waals surface area contributed by atoms with Crippen LogP contribution in [0.2, 0.25) is 0 Å². The van der Waals surface area contributed by atoms with E-state index in [0.717, 1.165) is 24.1 Å². The second-order valence-electron chi connectivity index (χ2n) is 7.43. The van der Waals surface area contributed by atoms with Gasteiger partial charge in [-0.25, -0.2) is 0 Å². The number of halogens is 1. The van der Waals surface area contributed by atoms with Gasteiger partial charge in [0.25, 0.3) is 0 Å². The van der Waals surface area contributed by atoms with Crippen LogP contribution in [0.4, 0.5) is 0 Å². The number of ether oxygens (including phenoxy) is 1. The van der Waals surface area contributed by atoms with Crippen molar-refractivity contribution in [3.05, 3.63) is 60.3 Å². The largest absolute Gasteiger partial charge is 0.494 e. The second kappa shape index (κ2) is 9.86. The quantitative estimate of drug-likeness (QED) is 0.225. The Kier molecular flexibility index (Phi) is 7.00. The van der Waals surface area contributed by atoms with Crippen molar-refractivity contribution in [3.63, 3.8) is 0 Å². The molecule has 1 heterocycles. The van der Waals surface area contributed by atoms with Crippen LogP contribution in [-0.2, 0) is 0 Å². The zero-order valence-electron chi connectivity index (χ0n) is 16.0. The molecule has 5 heteroatoms. The van der Waals surface area contributed by atoms with Crippen molar-refractivity contribution in [1.82, 2.24) is 9.71 Å². The number of H-pyrrole nitrogens is 1. The molecular formula is C23H27BrN2OS. The zero-order chi connectivity index (χ0) is 19.2. The zero-order valence-corrected chi connectivity index (χ0v) is 18.4. The van der Waals surface area contributed by atoms with E-state index in [1.54, 1.807) is 11.9 Å². The van der Waals surface area contributed by atoms with Crippen LogP contribution in [0.3, 0.4) is 0 Å². The summed E-state index contributed by atoms with van der Waals surface area (Å²) in [6.45, 7) is 0.757. The van der Waals surface area contributed by atoms with E-state index >= 15 is 0 Å². The number of rotatable bonds is 8. The number of alkyl halides is 1.